The summed E-state index contributed by atoms with van der Waals surface area (Å²) in [4.78, 5) is 0. The van der Waals surface area contributed by atoms with Crippen molar-refractivity contribution in [2.45, 2.75) is 6.92 Å². The molecule has 0 aliphatic carbocycles. The maximum absolute atomic E-state index is 5.35. The Balaban J connectivity index is 2.67. The van der Waals surface area contributed by atoms with Gasteiger partial charge in [0.05, 0.1) is 12.8 Å². The number of methoxy groups -OCH3 is 1. The lowest BCUT2D eigenvalue weighted by Crippen LogP contribution is -1.94. The lowest BCUT2D eigenvalue weighted by Gasteiger charge is -2.11. The molecule has 2 aromatic rings. The van der Waals surface area contributed by atoms with Crippen molar-refractivity contribution in [2.24, 2.45) is 0 Å². The second kappa shape index (κ2) is 4.61. The summed E-state index contributed by atoms with van der Waals surface area (Å²) in [5, 5.41) is 8.00. The van der Waals surface area contributed by atoms with Crippen molar-refractivity contribution in [3.63, 3.8) is 0 Å². The quantitative estimate of drug-likeness (QED) is 0.846. The first-order valence-corrected chi connectivity index (χ1v) is 5.64. The summed E-state index contributed by atoms with van der Waals surface area (Å²) in [6.45, 7) is 2.02. The smallest absolute Gasteiger partial charge is 0.128 e. The second-order valence-electron chi connectivity index (χ2n) is 3.36. The number of hydrogen-bond donors (Lipinski definition) is 0. The standard InChI is InChI=1S/C12H11BrN2O/c1-8-9(13)5-6-11(16-2)12(8)10-4-3-7-14-15-10/h3-7H,1-2H3. The van der Waals surface area contributed by atoms with Gasteiger partial charge in [-0.1, -0.05) is 15.9 Å². The normalized spacial score (nSPS) is 10.2. The molecule has 82 valence electrons. The number of hydrogen-bond acceptors (Lipinski definition) is 3. The molecule has 0 fully saturated rings. The van der Waals surface area contributed by atoms with Gasteiger partial charge in [-0.15, -0.1) is 0 Å². The topological polar surface area (TPSA) is 35.0 Å². The fourth-order valence-corrected chi connectivity index (χ4v) is 1.92. The molecule has 0 bridgehead atoms. The molecule has 0 N–H and O–H groups in total. The molecular formula is C12H11BrN2O. The molecule has 0 unspecified atom stereocenters. The van der Waals surface area contributed by atoms with Crippen LogP contribution in [-0.2, 0) is 0 Å². The highest BCUT2D eigenvalue weighted by molar-refractivity contribution is 9.10. The average molecular weight is 279 g/mol. The molecular weight excluding hydrogens is 268 g/mol. The number of rotatable bonds is 2. The molecule has 3 nitrogen and oxygen atoms in total. The Morgan fingerprint density at radius 1 is 1.25 bits per heavy atom. The summed E-state index contributed by atoms with van der Waals surface area (Å²) >= 11 is 3.50. The Bertz CT molecular complexity index is 500. The first-order valence-electron chi connectivity index (χ1n) is 4.85. The molecule has 0 saturated heterocycles. The molecule has 0 atom stereocenters. The van der Waals surface area contributed by atoms with Crippen molar-refractivity contribution in [3.8, 4) is 17.0 Å². The van der Waals surface area contributed by atoms with E-state index < -0.39 is 0 Å². The zero-order valence-electron chi connectivity index (χ0n) is 9.07. The molecule has 1 heterocycles. The van der Waals surface area contributed by atoms with Crippen LogP contribution < -0.4 is 4.74 Å². The molecule has 0 aliphatic rings. The molecule has 0 saturated carbocycles. The second-order valence-corrected chi connectivity index (χ2v) is 4.21. The minimum atomic E-state index is 0.807. The molecule has 2 rings (SSSR count). The summed E-state index contributed by atoms with van der Waals surface area (Å²) in [5.41, 5.74) is 2.89. The van der Waals surface area contributed by atoms with Crippen LogP contribution in [0, 0.1) is 6.92 Å². The predicted octanol–water partition coefficient (Wildman–Crippen LogP) is 3.22. The first-order chi connectivity index (χ1) is 7.74. The van der Waals surface area contributed by atoms with E-state index in [4.69, 9.17) is 4.74 Å². The highest BCUT2D eigenvalue weighted by Crippen LogP contribution is 2.35. The summed E-state index contributed by atoms with van der Waals surface area (Å²) in [7, 11) is 1.66. The van der Waals surface area contributed by atoms with Gasteiger partial charge in [0.1, 0.15) is 5.75 Å². The Morgan fingerprint density at radius 3 is 2.69 bits per heavy atom. The van der Waals surface area contributed by atoms with Gasteiger partial charge < -0.3 is 4.74 Å². The van der Waals surface area contributed by atoms with E-state index >= 15 is 0 Å². The van der Waals surface area contributed by atoms with Gasteiger partial charge in [-0.25, -0.2) is 0 Å². The number of ether oxygens (including phenoxy) is 1. The fraction of sp³-hybridized carbons (Fsp3) is 0.167. The monoisotopic (exact) mass is 278 g/mol. The average Bonchev–Trinajstić information content (AvgIpc) is 2.33. The molecule has 0 spiro atoms. The van der Waals surface area contributed by atoms with E-state index in [-0.39, 0.29) is 0 Å². The molecule has 1 aromatic heterocycles. The molecule has 0 amide bonds. The third-order valence-corrected chi connectivity index (χ3v) is 3.27. The zero-order chi connectivity index (χ0) is 11.5. The molecule has 4 heteroatoms. The van der Waals surface area contributed by atoms with Crippen LogP contribution in [0.3, 0.4) is 0 Å². The van der Waals surface area contributed by atoms with Crippen LogP contribution in [-0.4, -0.2) is 17.3 Å². The van der Waals surface area contributed by atoms with Gasteiger partial charge in [0.25, 0.3) is 0 Å². The van der Waals surface area contributed by atoms with Crippen LogP contribution in [0.25, 0.3) is 11.3 Å². The van der Waals surface area contributed by atoms with Crippen molar-refractivity contribution in [1.82, 2.24) is 10.2 Å². The van der Waals surface area contributed by atoms with Crippen LogP contribution in [0.1, 0.15) is 5.56 Å². The zero-order valence-corrected chi connectivity index (χ0v) is 10.7. The maximum Gasteiger partial charge on any atom is 0.128 e. The summed E-state index contributed by atoms with van der Waals surface area (Å²) in [6, 6.07) is 7.67. The first kappa shape index (κ1) is 11.1. The van der Waals surface area contributed by atoms with E-state index in [1.54, 1.807) is 13.3 Å². The minimum absolute atomic E-state index is 0.807. The maximum atomic E-state index is 5.35. The molecule has 16 heavy (non-hydrogen) atoms. The third-order valence-electron chi connectivity index (χ3n) is 2.41. The summed E-state index contributed by atoms with van der Waals surface area (Å²) < 4.78 is 6.38. The van der Waals surface area contributed by atoms with Crippen LogP contribution in [0.15, 0.2) is 34.9 Å². The number of nitrogens with zero attached hydrogens (tertiary/aromatic N) is 2. The summed E-state index contributed by atoms with van der Waals surface area (Å²) in [5.74, 6) is 0.807. The van der Waals surface area contributed by atoms with Crippen molar-refractivity contribution in [1.29, 1.82) is 0 Å². The Hall–Kier alpha value is -1.42. The molecule has 1 aromatic carbocycles. The highest BCUT2D eigenvalue weighted by Gasteiger charge is 2.12. The molecule has 0 aliphatic heterocycles. The van der Waals surface area contributed by atoms with E-state index in [1.807, 2.05) is 31.2 Å². The Labute approximate surface area is 103 Å². The lowest BCUT2D eigenvalue weighted by atomic mass is 10.0. The van der Waals surface area contributed by atoms with Crippen molar-refractivity contribution in [3.05, 3.63) is 40.5 Å². The van der Waals surface area contributed by atoms with Gasteiger partial charge in [-0.2, -0.15) is 10.2 Å². The Kier molecular flexibility index (Phi) is 3.19. The van der Waals surface area contributed by atoms with Gasteiger partial charge >= 0.3 is 0 Å². The number of halogens is 1. The summed E-state index contributed by atoms with van der Waals surface area (Å²) in [6.07, 6.45) is 1.66. The van der Waals surface area contributed by atoms with Crippen LogP contribution in [0.2, 0.25) is 0 Å². The number of aromatic nitrogens is 2. The van der Waals surface area contributed by atoms with E-state index in [9.17, 15) is 0 Å². The van der Waals surface area contributed by atoms with Crippen LogP contribution >= 0.6 is 15.9 Å². The third kappa shape index (κ3) is 1.93. The van der Waals surface area contributed by atoms with Crippen LogP contribution in [0.5, 0.6) is 5.75 Å². The van der Waals surface area contributed by atoms with Gasteiger partial charge in [0.2, 0.25) is 0 Å². The number of benzene rings is 1. The van der Waals surface area contributed by atoms with Crippen molar-refractivity contribution in [2.75, 3.05) is 7.11 Å². The van der Waals surface area contributed by atoms with Gasteiger partial charge in [-0.3, -0.25) is 0 Å². The Morgan fingerprint density at radius 2 is 2.06 bits per heavy atom. The molecule has 0 radical (unpaired) electrons. The highest BCUT2D eigenvalue weighted by atomic mass is 79.9. The minimum Gasteiger partial charge on any atom is -0.496 e. The fourth-order valence-electron chi connectivity index (χ4n) is 1.58. The van der Waals surface area contributed by atoms with Crippen LogP contribution in [0.4, 0.5) is 0 Å². The lowest BCUT2D eigenvalue weighted by molar-refractivity contribution is 0.416. The van der Waals surface area contributed by atoms with E-state index in [1.165, 1.54) is 0 Å². The van der Waals surface area contributed by atoms with Gasteiger partial charge in [0, 0.05) is 16.2 Å². The predicted molar refractivity (Wildman–Crippen MR) is 66.5 cm³/mol. The van der Waals surface area contributed by atoms with Gasteiger partial charge in [0.15, 0.2) is 0 Å². The van der Waals surface area contributed by atoms with Crippen molar-refractivity contribution < 1.29 is 4.74 Å². The largest absolute Gasteiger partial charge is 0.496 e. The van der Waals surface area contributed by atoms with E-state index in [0.717, 1.165) is 27.0 Å². The van der Waals surface area contributed by atoms with E-state index in [0.29, 0.717) is 0 Å². The SMILES string of the molecule is COc1ccc(Br)c(C)c1-c1cccnn1. The van der Waals surface area contributed by atoms with Crippen molar-refractivity contribution >= 4 is 15.9 Å². The van der Waals surface area contributed by atoms with Gasteiger partial charge in [-0.05, 0) is 36.8 Å². The van der Waals surface area contributed by atoms with E-state index in [2.05, 4.69) is 26.1 Å².